The van der Waals surface area contributed by atoms with Gasteiger partial charge in [-0.3, -0.25) is 0 Å². The highest BCUT2D eigenvalue weighted by Gasteiger charge is 2.30. The maximum absolute atomic E-state index is 12.9. The lowest BCUT2D eigenvalue weighted by atomic mass is 10.1. The number of thioether (sulfide) groups is 1. The van der Waals surface area contributed by atoms with Crippen molar-refractivity contribution in [1.29, 1.82) is 0 Å². The summed E-state index contributed by atoms with van der Waals surface area (Å²) in [6.45, 7) is 0. The van der Waals surface area contributed by atoms with Crippen LogP contribution in [0.2, 0.25) is 0 Å². The van der Waals surface area contributed by atoms with Crippen LogP contribution in [0.15, 0.2) is 54.6 Å². The van der Waals surface area contributed by atoms with Gasteiger partial charge in [0.15, 0.2) is 5.82 Å². The molecule has 0 spiro atoms. The zero-order valence-corrected chi connectivity index (χ0v) is 15.5. The topological polar surface area (TPSA) is 43.1 Å². The lowest BCUT2D eigenvalue weighted by Gasteiger charge is -2.06. The minimum Gasteiger partial charge on any atom is -0.186 e. The number of fused-ring (bicyclic) bond motifs is 1. The number of alkyl halides is 3. The maximum Gasteiger partial charge on any atom is 0.416 e. The van der Waals surface area contributed by atoms with Gasteiger partial charge in [0, 0.05) is 11.3 Å². The molecular weight excluding hydrogens is 393 g/mol. The molecule has 0 unspecified atom stereocenters. The summed E-state index contributed by atoms with van der Waals surface area (Å²) < 4.78 is 40.4. The molecule has 9 heteroatoms. The molecule has 0 fully saturated rings. The summed E-state index contributed by atoms with van der Waals surface area (Å²) in [6.07, 6.45) is -4.38. The molecule has 0 radical (unpaired) electrons. The molecule has 0 N–H and O–H groups in total. The van der Waals surface area contributed by atoms with Gasteiger partial charge in [0.25, 0.3) is 0 Å². The van der Waals surface area contributed by atoms with E-state index in [0.29, 0.717) is 27.1 Å². The smallest absolute Gasteiger partial charge is 0.186 e. The second-order valence-electron chi connectivity index (χ2n) is 5.77. The first kappa shape index (κ1) is 18.0. The van der Waals surface area contributed by atoms with Crippen molar-refractivity contribution < 1.29 is 13.2 Å². The summed E-state index contributed by atoms with van der Waals surface area (Å²) in [4.78, 5) is 0.567. The molecule has 0 aliphatic rings. The van der Waals surface area contributed by atoms with Gasteiger partial charge < -0.3 is 0 Å². The maximum atomic E-state index is 12.9. The minimum atomic E-state index is -4.38. The number of rotatable bonds is 5. The second kappa shape index (κ2) is 7.32. The van der Waals surface area contributed by atoms with Crippen molar-refractivity contribution in [2.75, 3.05) is 0 Å². The Kier molecular flexibility index (Phi) is 4.88. The van der Waals surface area contributed by atoms with Crippen LogP contribution in [0.25, 0.3) is 15.5 Å². The Labute approximate surface area is 161 Å². The molecule has 4 nitrogen and oxygen atoms in total. The van der Waals surface area contributed by atoms with Gasteiger partial charge >= 0.3 is 6.18 Å². The molecule has 0 amide bonds. The minimum absolute atomic E-state index is 0.420. The fourth-order valence-corrected chi connectivity index (χ4v) is 4.27. The lowest BCUT2D eigenvalue weighted by molar-refractivity contribution is -0.137. The van der Waals surface area contributed by atoms with Crippen LogP contribution in [0.3, 0.4) is 0 Å². The van der Waals surface area contributed by atoms with E-state index < -0.39 is 11.7 Å². The summed E-state index contributed by atoms with van der Waals surface area (Å²) in [5.74, 6) is 2.13. The Morgan fingerprint density at radius 3 is 2.56 bits per heavy atom. The number of aromatic nitrogens is 4. The number of halogens is 3. The van der Waals surface area contributed by atoms with E-state index >= 15 is 0 Å². The van der Waals surface area contributed by atoms with Crippen LogP contribution in [-0.2, 0) is 17.7 Å². The largest absolute Gasteiger partial charge is 0.416 e. The normalized spacial score (nSPS) is 12.0. The van der Waals surface area contributed by atoms with Crippen molar-refractivity contribution in [2.24, 2.45) is 0 Å². The van der Waals surface area contributed by atoms with Crippen molar-refractivity contribution in [2.45, 2.75) is 17.7 Å². The zero-order chi connectivity index (χ0) is 18.9. The number of hydrogen-bond acceptors (Lipinski definition) is 5. The first-order chi connectivity index (χ1) is 13.0. The van der Waals surface area contributed by atoms with Gasteiger partial charge in [0.1, 0.15) is 5.01 Å². The molecule has 0 atom stereocenters. The molecule has 4 rings (SSSR count). The highest BCUT2D eigenvalue weighted by atomic mass is 32.2. The second-order valence-corrected chi connectivity index (χ2v) is 7.72. The van der Waals surface area contributed by atoms with E-state index in [1.807, 2.05) is 18.2 Å². The summed E-state index contributed by atoms with van der Waals surface area (Å²) >= 11 is 2.90. The van der Waals surface area contributed by atoms with Gasteiger partial charge in [0.05, 0.1) is 11.3 Å². The zero-order valence-electron chi connectivity index (χ0n) is 13.8. The van der Waals surface area contributed by atoms with Gasteiger partial charge in [0.2, 0.25) is 4.96 Å². The number of nitrogens with zero attached hydrogens (tertiary/aromatic N) is 4. The molecule has 0 saturated carbocycles. The van der Waals surface area contributed by atoms with Crippen LogP contribution in [0, 0.1) is 0 Å². The Balaban J connectivity index is 1.54. The van der Waals surface area contributed by atoms with E-state index in [1.54, 1.807) is 22.3 Å². The predicted molar refractivity (Wildman–Crippen MR) is 101 cm³/mol. The quantitative estimate of drug-likeness (QED) is 0.451. The Morgan fingerprint density at radius 2 is 1.78 bits per heavy atom. The van der Waals surface area contributed by atoms with Crippen LogP contribution in [0.4, 0.5) is 13.2 Å². The predicted octanol–water partition coefficient (Wildman–Crippen LogP) is 5.31. The third kappa shape index (κ3) is 3.98. The van der Waals surface area contributed by atoms with E-state index in [-0.39, 0.29) is 0 Å². The fourth-order valence-electron chi connectivity index (χ4n) is 2.53. The van der Waals surface area contributed by atoms with E-state index in [2.05, 4.69) is 27.4 Å². The number of hydrogen-bond donors (Lipinski definition) is 0. The summed E-state index contributed by atoms with van der Waals surface area (Å²) in [6, 6.07) is 15.2. The molecule has 27 heavy (non-hydrogen) atoms. The Bertz CT molecular complexity index is 1060. The third-order valence-electron chi connectivity index (χ3n) is 3.84. The Hall–Kier alpha value is -2.39. The van der Waals surface area contributed by atoms with E-state index in [1.165, 1.54) is 23.0 Å². The van der Waals surface area contributed by atoms with Crippen molar-refractivity contribution in [3.05, 3.63) is 71.5 Å². The molecule has 0 saturated heterocycles. The molecule has 138 valence electrons. The number of benzene rings is 2. The van der Waals surface area contributed by atoms with Crippen LogP contribution >= 0.6 is 23.1 Å². The van der Waals surface area contributed by atoms with Gasteiger partial charge in [-0.15, -0.1) is 22.0 Å². The summed E-state index contributed by atoms with van der Waals surface area (Å²) in [5.41, 5.74) is 0.944. The molecule has 0 bridgehead atoms. The van der Waals surface area contributed by atoms with E-state index in [9.17, 15) is 13.2 Å². The molecule has 2 aromatic carbocycles. The van der Waals surface area contributed by atoms with Gasteiger partial charge in [-0.05, 0) is 17.7 Å². The fraction of sp³-hybridized carbons (Fsp3) is 0.167. The highest BCUT2D eigenvalue weighted by molar-refractivity contribution is 7.97. The average Bonchev–Trinajstić information content (AvgIpc) is 3.24. The van der Waals surface area contributed by atoms with Crippen molar-refractivity contribution in [1.82, 2.24) is 19.8 Å². The first-order valence-electron chi connectivity index (χ1n) is 8.01. The van der Waals surface area contributed by atoms with Crippen LogP contribution < -0.4 is 0 Å². The van der Waals surface area contributed by atoms with Crippen molar-refractivity contribution in [3.8, 4) is 10.6 Å². The van der Waals surface area contributed by atoms with Crippen LogP contribution in [-0.4, -0.2) is 19.8 Å². The standard InChI is InChI=1S/C18H13F3N4S2/c19-18(20,21)14-8-4-7-13(9-14)16-24-25-15(22-23-17(25)27-16)11-26-10-12-5-2-1-3-6-12/h1-9H,10-11H2. The average molecular weight is 406 g/mol. The molecule has 2 heterocycles. The monoisotopic (exact) mass is 406 g/mol. The van der Waals surface area contributed by atoms with Gasteiger partial charge in [-0.1, -0.05) is 53.8 Å². The Morgan fingerprint density at radius 1 is 0.963 bits per heavy atom. The van der Waals surface area contributed by atoms with Crippen LogP contribution in [0.1, 0.15) is 17.0 Å². The molecule has 0 aliphatic heterocycles. The molecule has 0 aliphatic carbocycles. The molecule has 2 aromatic heterocycles. The summed E-state index contributed by atoms with van der Waals surface area (Å²) in [7, 11) is 0. The lowest BCUT2D eigenvalue weighted by Crippen LogP contribution is -2.04. The van der Waals surface area contributed by atoms with E-state index in [4.69, 9.17) is 0 Å². The van der Waals surface area contributed by atoms with Gasteiger partial charge in [-0.25, -0.2) is 0 Å². The SMILES string of the molecule is FC(F)(F)c1cccc(-c2nn3c(CSCc4ccccc4)nnc3s2)c1. The van der Waals surface area contributed by atoms with E-state index in [0.717, 1.165) is 17.9 Å². The third-order valence-corrected chi connectivity index (χ3v) is 5.78. The molecular formula is C18H13F3N4S2. The van der Waals surface area contributed by atoms with Crippen molar-refractivity contribution >= 4 is 28.1 Å². The van der Waals surface area contributed by atoms with Crippen LogP contribution in [0.5, 0.6) is 0 Å². The highest BCUT2D eigenvalue weighted by Crippen LogP contribution is 2.33. The van der Waals surface area contributed by atoms with Gasteiger partial charge in [-0.2, -0.15) is 22.8 Å². The van der Waals surface area contributed by atoms with Crippen molar-refractivity contribution in [3.63, 3.8) is 0 Å². The first-order valence-corrected chi connectivity index (χ1v) is 9.98. The molecule has 4 aromatic rings. The summed E-state index contributed by atoms with van der Waals surface area (Å²) in [5, 5.41) is 13.1.